The number of aryl methyl sites for hydroxylation is 1. The molecule has 92 valence electrons. The first-order valence-corrected chi connectivity index (χ1v) is 6.19. The van der Waals surface area contributed by atoms with Crippen LogP contribution in [0.1, 0.15) is 35.6 Å². The summed E-state index contributed by atoms with van der Waals surface area (Å²) in [7, 11) is 0. The Morgan fingerprint density at radius 3 is 2.83 bits per heavy atom. The number of anilines is 1. The van der Waals surface area contributed by atoms with Gasteiger partial charge in [0.15, 0.2) is 0 Å². The summed E-state index contributed by atoms with van der Waals surface area (Å²) in [5.41, 5.74) is 9.19. The molecule has 2 N–H and O–H groups in total. The first kappa shape index (κ1) is 11.0. The highest BCUT2D eigenvalue weighted by Crippen LogP contribution is 2.41. The van der Waals surface area contributed by atoms with Crippen LogP contribution in [0.2, 0.25) is 0 Å². The van der Waals surface area contributed by atoms with Crippen molar-refractivity contribution in [1.29, 1.82) is 0 Å². The standard InChI is InChI=1S/C14H16N4/c1-10-9-18(14(15)17-10)16-8-12-4-2-3-5-13(12)11-6-7-11/h2-5,8-9,11H,6-7H2,1H3,(H2,15,17). The Hall–Kier alpha value is -2.10. The molecular formula is C14H16N4. The van der Waals surface area contributed by atoms with Crippen molar-refractivity contribution in [2.24, 2.45) is 5.10 Å². The molecule has 1 fully saturated rings. The largest absolute Gasteiger partial charge is 0.368 e. The second-order valence-electron chi connectivity index (χ2n) is 4.73. The first-order valence-electron chi connectivity index (χ1n) is 6.19. The number of nitrogen functional groups attached to an aromatic ring is 1. The molecular weight excluding hydrogens is 224 g/mol. The van der Waals surface area contributed by atoms with E-state index in [-0.39, 0.29) is 0 Å². The molecule has 0 aliphatic heterocycles. The number of benzene rings is 1. The van der Waals surface area contributed by atoms with Crippen LogP contribution in [0.3, 0.4) is 0 Å². The number of nitrogens with two attached hydrogens (primary N) is 1. The number of hydrogen-bond donors (Lipinski definition) is 1. The number of imidazole rings is 1. The Bertz CT molecular complexity index is 594. The monoisotopic (exact) mass is 240 g/mol. The van der Waals surface area contributed by atoms with E-state index in [0.29, 0.717) is 5.95 Å². The van der Waals surface area contributed by atoms with Gasteiger partial charge in [0.2, 0.25) is 5.95 Å². The Balaban J connectivity index is 1.90. The van der Waals surface area contributed by atoms with Gasteiger partial charge in [-0.15, -0.1) is 0 Å². The van der Waals surface area contributed by atoms with E-state index in [4.69, 9.17) is 5.73 Å². The fourth-order valence-corrected chi connectivity index (χ4v) is 2.12. The van der Waals surface area contributed by atoms with Gasteiger partial charge >= 0.3 is 0 Å². The van der Waals surface area contributed by atoms with Gasteiger partial charge in [0, 0.05) is 0 Å². The topological polar surface area (TPSA) is 56.2 Å². The summed E-state index contributed by atoms with van der Waals surface area (Å²) in [6.45, 7) is 1.90. The van der Waals surface area contributed by atoms with Crippen molar-refractivity contribution in [2.75, 3.05) is 5.73 Å². The van der Waals surface area contributed by atoms with Crippen LogP contribution >= 0.6 is 0 Å². The van der Waals surface area contributed by atoms with Gasteiger partial charge < -0.3 is 5.73 Å². The molecule has 4 heteroatoms. The summed E-state index contributed by atoms with van der Waals surface area (Å²) in [6, 6.07) is 8.40. The third-order valence-corrected chi connectivity index (χ3v) is 3.17. The average molecular weight is 240 g/mol. The second-order valence-corrected chi connectivity index (χ2v) is 4.73. The Labute approximate surface area is 106 Å². The van der Waals surface area contributed by atoms with Crippen molar-refractivity contribution in [1.82, 2.24) is 9.66 Å². The number of hydrogen-bond acceptors (Lipinski definition) is 3. The lowest BCUT2D eigenvalue weighted by Crippen LogP contribution is -1.98. The lowest BCUT2D eigenvalue weighted by atomic mass is 10.0. The summed E-state index contributed by atoms with van der Waals surface area (Å²) in [4.78, 5) is 4.12. The number of rotatable bonds is 3. The highest BCUT2D eigenvalue weighted by atomic mass is 15.4. The van der Waals surface area contributed by atoms with Gasteiger partial charge in [0.25, 0.3) is 0 Å². The number of nitrogens with zero attached hydrogens (tertiary/aromatic N) is 3. The van der Waals surface area contributed by atoms with Gasteiger partial charge in [0.1, 0.15) is 0 Å². The van der Waals surface area contributed by atoms with Crippen LogP contribution < -0.4 is 5.73 Å². The minimum Gasteiger partial charge on any atom is -0.368 e. The van der Waals surface area contributed by atoms with Crippen LogP contribution in [-0.4, -0.2) is 15.9 Å². The average Bonchev–Trinajstić information content (AvgIpc) is 3.14. The molecule has 1 aliphatic carbocycles. The van der Waals surface area contributed by atoms with Crippen molar-refractivity contribution in [3.05, 3.63) is 47.3 Å². The van der Waals surface area contributed by atoms with E-state index in [2.05, 4.69) is 28.3 Å². The maximum atomic E-state index is 5.75. The van der Waals surface area contributed by atoms with E-state index in [1.807, 2.05) is 25.4 Å². The maximum Gasteiger partial charge on any atom is 0.221 e. The Morgan fingerprint density at radius 2 is 2.17 bits per heavy atom. The zero-order valence-corrected chi connectivity index (χ0v) is 10.4. The van der Waals surface area contributed by atoms with E-state index < -0.39 is 0 Å². The predicted molar refractivity (Wildman–Crippen MR) is 72.8 cm³/mol. The van der Waals surface area contributed by atoms with Crippen LogP contribution in [0, 0.1) is 6.92 Å². The molecule has 1 aromatic heterocycles. The minimum absolute atomic E-state index is 0.424. The Kier molecular flexibility index (Phi) is 2.63. The molecule has 1 heterocycles. The minimum atomic E-state index is 0.424. The molecule has 0 radical (unpaired) electrons. The lowest BCUT2D eigenvalue weighted by Gasteiger charge is -2.03. The van der Waals surface area contributed by atoms with Gasteiger partial charge in [-0.2, -0.15) is 5.10 Å². The maximum absolute atomic E-state index is 5.75. The van der Waals surface area contributed by atoms with Crippen molar-refractivity contribution >= 4 is 12.2 Å². The molecule has 0 saturated heterocycles. The zero-order valence-electron chi connectivity index (χ0n) is 10.4. The molecule has 0 amide bonds. The molecule has 2 aromatic rings. The fraction of sp³-hybridized carbons (Fsp3) is 0.286. The van der Waals surface area contributed by atoms with E-state index in [9.17, 15) is 0 Å². The predicted octanol–water partition coefficient (Wildman–Crippen LogP) is 2.53. The summed E-state index contributed by atoms with van der Waals surface area (Å²) in [6.07, 6.45) is 6.27. The van der Waals surface area contributed by atoms with Crippen molar-refractivity contribution in [2.45, 2.75) is 25.7 Å². The highest BCUT2D eigenvalue weighted by molar-refractivity contribution is 5.82. The van der Waals surface area contributed by atoms with Gasteiger partial charge in [-0.1, -0.05) is 24.3 Å². The fourth-order valence-electron chi connectivity index (χ4n) is 2.12. The molecule has 1 aromatic carbocycles. The molecule has 4 nitrogen and oxygen atoms in total. The molecule has 0 unspecified atom stereocenters. The zero-order chi connectivity index (χ0) is 12.5. The Morgan fingerprint density at radius 1 is 1.39 bits per heavy atom. The van der Waals surface area contributed by atoms with Gasteiger partial charge in [0.05, 0.1) is 18.1 Å². The van der Waals surface area contributed by atoms with Crippen LogP contribution in [0.15, 0.2) is 35.6 Å². The summed E-state index contributed by atoms with van der Waals surface area (Å²) in [5, 5.41) is 4.37. The first-order chi connectivity index (χ1) is 8.74. The molecule has 18 heavy (non-hydrogen) atoms. The third kappa shape index (κ3) is 2.14. The third-order valence-electron chi connectivity index (χ3n) is 3.17. The van der Waals surface area contributed by atoms with Crippen molar-refractivity contribution in [3.8, 4) is 0 Å². The molecule has 1 saturated carbocycles. The second kappa shape index (κ2) is 4.29. The highest BCUT2D eigenvalue weighted by Gasteiger charge is 2.25. The van der Waals surface area contributed by atoms with Crippen LogP contribution in [0.4, 0.5) is 5.95 Å². The van der Waals surface area contributed by atoms with E-state index >= 15 is 0 Å². The summed E-state index contributed by atoms with van der Waals surface area (Å²) in [5.74, 6) is 1.14. The molecule has 3 rings (SSSR count). The van der Waals surface area contributed by atoms with E-state index in [1.54, 1.807) is 4.68 Å². The SMILES string of the molecule is Cc1cn(N=Cc2ccccc2C2CC2)c(N)n1. The number of aromatic nitrogens is 2. The van der Waals surface area contributed by atoms with Crippen LogP contribution in [0.5, 0.6) is 0 Å². The van der Waals surface area contributed by atoms with Gasteiger partial charge in [-0.25, -0.2) is 9.66 Å². The summed E-state index contributed by atoms with van der Waals surface area (Å²) < 4.78 is 1.61. The van der Waals surface area contributed by atoms with Gasteiger partial charge in [-0.05, 0) is 36.8 Å². The lowest BCUT2D eigenvalue weighted by molar-refractivity contribution is 0.896. The summed E-state index contributed by atoms with van der Waals surface area (Å²) >= 11 is 0. The normalized spacial score (nSPS) is 15.4. The van der Waals surface area contributed by atoms with E-state index in [0.717, 1.165) is 11.6 Å². The van der Waals surface area contributed by atoms with Crippen molar-refractivity contribution < 1.29 is 0 Å². The van der Waals surface area contributed by atoms with Crippen LogP contribution in [0.25, 0.3) is 0 Å². The smallest absolute Gasteiger partial charge is 0.221 e. The quantitative estimate of drug-likeness (QED) is 0.838. The van der Waals surface area contributed by atoms with Gasteiger partial charge in [-0.3, -0.25) is 0 Å². The molecule has 0 atom stereocenters. The molecule has 0 bridgehead atoms. The van der Waals surface area contributed by atoms with E-state index in [1.165, 1.54) is 24.0 Å². The van der Waals surface area contributed by atoms with Crippen LogP contribution in [-0.2, 0) is 0 Å². The molecule has 0 spiro atoms. The van der Waals surface area contributed by atoms with Crippen molar-refractivity contribution in [3.63, 3.8) is 0 Å². The molecule has 1 aliphatic rings.